The molecule has 39 heavy (non-hydrogen) atoms. The third-order valence-electron chi connectivity index (χ3n) is 6.66. The Hall–Kier alpha value is -2.70. The average molecular weight is 589 g/mol. The maximum atomic E-state index is 13.8. The number of hydrogen-bond acceptors (Lipinski definition) is 8. The zero-order valence-corrected chi connectivity index (χ0v) is 23.9. The number of carboxylic acid groups (broad SMARTS) is 2. The standard InChI is InChI=1S/C26H30N2O2S3.C2H2O4/c29-26(7-3-4-10-27-11-13-30-14-12-27)28-22-5-1-2-6-24(22)33-25(21-9-16-32-19-21)17-23(28)20-8-15-31-18-20;3-1(4)2(5)6/h1-2,5-6,8-9,15-16,18-19,23,25H,3-4,7,10-14,17H2;(H,3,4)(H,5,6). The minimum atomic E-state index is -1.82. The van der Waals surface area contributed by atoms with Crippen LogP contribution in [0.25, 0.3) is 0 Å². The summed E-state index contributed by atoms with van der Waals surface area (Å²) in [6.45, 7) is 4.73. The maximum Gasteiger partial charge on any atom is 0.414 e. The monoisotopic (exact) mass is 588 g/mol. The van der Waals surface area contributed by atoms with Crippen LogP contribution in [0.4, 0.5) is 5.69 Å². The molecule has 2 unspecified atom stereocenters. The third-order valence-corrected chi connectivity index (χ3v) is 9.41. The summed E-state index contributed by atoms with van der Waals surface area (Å²) in [6, 6.07) is 12.9. The second kappa shape index (κ2) is 14.6. The van der Waals surface area contributed by atoms with Crippen LogP contribution in [0.1, 0.15) is 48.1 Å². The SMILES string of the molecule is O=C(CCCCN1CCOCC1)N1c2ccccc2SC(c2ccsc2)CC1c1ccsc1.O=C(O)C(=O)O. The topological polar surface area (TPSA) is 107 Å². The number of para-hydroxylation sites is 1. The minimum absolute atomic E-state index is 0.0593. The number of morpholine rings is 1. The summed E-state index contributed by atoms with van der Waals surface area (Å²) in [5.41, 5.74) is 3.67. The number of unbranched alkanes of at least 4 members (excludes halogenated alkanes) is 1. The van der Waals surface area contributed by atoms with Crippen LogP contribution in [0.3, 0.4) is 0 Å². The Morgan fingerprint density at radius 2 is 1.56 bits per heavy atom. The van der Waals surface area contributed by atoms with Crippen molar-refractivity contribution in [1.29, 1.82) is 0 Å². The number of hydrogen-bond donors (Lipinski definition) is 2. The van der Waals surface area contributed by atoms with Crippen molar-refractivity contribution >= 4 is 58.0 Å². The van der Waals surface area contributed by atoms with Gasteiger partial charge in [0, 0.05) is 29.7 Å². The van der Waals surface area contributed by atoms with Gasteiger partial charge in [0.05, 0.1) is 24.9 Å². The summed E-state index contributed by atoms with van der Waals surface area (Å²) < 4.78 is 5.45. The number of aliphatic carboxylic acids is 2. The normalized spacial score (nSPS) is 19.3. The van der Waals surface area contributed by atoms with E-state index >= 15 is 0 Å². The number of amides is 1. The van der Waals surface area contributed by atoms with E-state index in [2.05, 4.69) is 67.7 Å². The molecule has 0 radical (unpaired) electrons. The largest absolute Gasteiger partial charge is 0.473 e. The number of fused-ring (bicyclic) bond motifs is 1. The Bertz CT molecular complexity index is 1200. The smallest absolute Gasteiger partial charge is 0.414 e. The Labute approximate surface area is 240 Å². The van der Waals surface area contributed by atoms with E-state index in [9.17, 15) is 4.79 Å². The van der Waals surface area contributed by atoms with Crippen LogP contribution < -0.4 is 4.90 Å². The van der Waals surface area contributed by atoms with Gasteiger partial charge in [0.25, 0.3) is 0 Å². The summed E-state index contributed by atoms with van der Waals surface area (Å²) in [5, 5.41) is 23.9. The van der Waals surface area contributed by atoms with Gasteiger partial charge < -0.3 is 19.8 Å². The Morgan fingerprint density at radius 3 is 2.21 bits per heavy atom. The molecule has 5 rings (SSSR count). The molecule has 11 heteroatoms. The van der Waals surface area contributed by atoms with Gasteiger partial charge in [0.15, 0.2) is 0 Å². The highest BCUT2D eigenvalue weighted by Crippen LogP contribution is 2.51. The first-order valence-electron chi connectivity index (χ1n) is 12.8. The highest BCUT2D eigenvalue weighted by atomic mass is 32.2. The molecular formula is C28H32N2O6S3. The van der Waals surface area contributed by atoms with E-state index in [0.717, 1.165) is 57.8 Å². The molecule has 1 aromatic carbocycles. The molecule has 2 aliphatic rings. The first-order valence-corrected chi connectivity index (χ1v) is 15.6. The molecule has 0 saturated carbocycles. The van der Waals surface area contributed by atoms with Crippen LogP contribution in [-0.2, 0) is 19.1 Å². The van der Waals surface area contributed by atoms with Crippen molar-refractivity contribution in [3.05, 3.63) is 69.0 Å². The molecule has 208 valence electrons. The van der Waals surface area contributed by atoms with E-state index in [1.807, 2.05) is 11.8 Å². The van der Waals surface area contributed by atoms with Gasteiger partial charge in [-0.2, -0.15) is 22.7 Å². The number of rotatable bonds is 7. The van der Waals surface area contributed by atoms with E-state index in [1.165, 1.54) is 16.0 Å². The summed E-state index contributed by atoms with van der Waals surface area (Å²) >= 11 is 5.36. The number of ether oxygens (including phenoxy) is 1. The molecule has 0 spiro atoms. The molecule has 2 N–H and O–H groups in total. The lowest BCUT2D eigenvalue weighted by molar-refractivity contribution is -0.159. The molecule has 1 saturated heterocycles. The van der Waals surface area contributed by atoms with Gasteiger partial charge in [-0.15, -0.1) is 11.8 Å². The van der Waals surface area contributed by atoms with Crippen molar-refractivity contribution in [2.45, 2.75) is 41.9 Å². The predicted molar refractivity (Wildman–Crippen MR) is 155 cm³/mol. The van der Waals surface area contributed by atoms with E-state index in [4.69, 9.17) is 24.5 Å². The predicted octanol–water partition coefficient (Wildman–Crippen LogP) is 5.78. The second-order valence-electron chi connectivity index (χ2n) is 9.22. The summed E-state index contributed by atoms with van der Waals surface area (Å²) in [7, 11) is 0. The number of thioether (sulfide) groups is 1. The molecule has 0 aliphatic carbocycles. The van der Waals surface area contributed by atoms with Crippen molar-refractivity contribution in [1.82, 2.24) is 4.90 Å². The van der Waals surface area contributed by atoms with Gasteiger partial charge in [-0.05, 0) is 82.7 Å². The molecule has 0 bridgehead atoms. The fourth-order valence-electron chi connectivity index (χ4n) is 4.71. The number of nitrogens with zero attached hydrogens (tertiary/aromatic N) is 2. The van der Waals surface area contributed by atoms with Crippen LogP contribution in [0.15, 0.2) is 62.8 Å². The van der Waals surface area contributed by atoms with Crippen LogP contribution in [0.2, 0.25) is 0 Å². The Morgan fingerprint density at radius 1 is 0.897 bits per heavy atom. The van der Waals surface area contributed by atoms with E-state index in [0.29, 0.717) is 11.7 Å². The first-order chi connectivity index (χ1) is 18.9. The number of benzene rings is 1. The second-order valence-corrected chi connectivity index (χ2v) is 12.0. The zero-order valence-electron chi connectivity index (χ0n) is 21.4. The van der Waals surface area contributed by atoms with Gasteiger partial charge in [-0.1, -0.05) is 12.1 Å². The zero-order chi connectivity index (χ0) is 27.6. The van der Waals surface area contributed by atoms with Gasteiger partial charge in [-0.3, -0.25) is 9.69 Å². The fourth-order valence-corrected chi connectivity index (χ4v) is 7.53. The lowest BCUT2D eigenvalue weighted by Crippen LogP contribution is -2.37. The van der Waals surface area contributed by atoms with E-state index < -0.39 is 11.9 Å². The van der Waals surface area contributed by atoms with Crippen LogP contribution in [0.5, 0.6) is 0 Å². The number of thiophene rings is 2. The Balaban J connectivity index is 0.000000531. The van der Waals surface area contributed by atoms with Crippen molar-refractivity contribution in [3.63, 3.8) is 0 Å². The molecule has 3 aromatic rings. The summed E-state index contributed by atoms with van der Waals surface area (Å²) in [4.78, 5) is 37.7. The molecular weight excluding hydrogens is 557 g/mol. The summed E-state index contributed by atoms with van der Waals surface area (Å²) in [6.07, 6.45) is 3.49. The average Bonchev–Trinajstić information content (AvgIpc) is 3.65. The molecule has 2 aliphatic heterocycles. The van der Waals surface area contributed by atoms with Crippen molar-refractivity contribution < 1.29 is 29.3 Å². The first kappa shape index (κ1) is 29.3. The van der Waals surface area contributed by atoms with Crippen molar-refractivity contribution in [2.24, 2.45) is 0 Å². The molecule has 1 fully saturated rings. The number of carbonyl (C=O) groups is 3. The van der Waals surface area contributed by atoms with Gasteiger partial charge in [0.2, 0.25) is 5.91 Å². The quantitative estimate of drug-likeness (QED) is 0.264. The van der Waals surface area contributed by atoms with Crippen LogP contribution in [-0.4, -0.2) is 65.8 Å². The highest BCUT2D eigenvalue weighted by molar-refractivity contribution is 7.99. The van der Waals surface area contributed by atoms with E-state index in [-0.39, 0.29) is 11.9 Å². The molecule has 2 aromatic heterocycles. The Kier molecular flexibility index (Phi) is 11.0. The molecule has 8 nitrogen and oxygen atoms in total. The highest BCUT2D eigenvalue weighted by Gasteiger charge is 2.35. The van der Waals surface area contributed by atoms with Gasteiger partial charge in [-0.25, -0.2) is 9.59 Å². The minimum Gasteiger partial charge on any atom is -0.473 e. The van der Waals surface area contributed by atoms with Crippen LogP contribution >= 0.6 is 34.4 Å². The number of carboxylic acids is 2. The molecule has 4 heterocycles. The van der Waals surface area contributed by atoms with Gasteiger partial charge in [0.1, 0.15) is 0 Å². The molecule has 2 atom stereocenters. The van der Waals surface area contributed by atoms with Gasteiger partial charge >= 0.3 is 11.9 Å². The van der Waals surface area contributed by atoms with Crippen molar-refractivity contribution in [3.8, 4) is 0 Å². The lowest BCUT2D eigenvalue weighted by Gasteiger charge is -2.32. The fraction of sp³-hybridized carbons (Fsp3) is 0.393. The van der Waals surface area contributed by atoms with Crippen molar-refractivity contribution in [2.75, 3.05) is 37.7 Å². The molecule has 1 amide bonds. The maximum absolute atomic E-state index is 13.8. The van der Waals surface area contributed by atoms with Crippen LogP contribution in [0, 0.1) is 0 Å². The third kappa shape index (κ3) is 8.15. The number of anilines is 1. The number of carbonyl (C=O) groups excluding carboxylic acids is 1. The van der Waals surface area contributed by atoms with E-state index in [1.54, 1.807) is 22.7 Å². The summed E-state index contributed by atoms with van der Waals surface area (Å²) in [5.74, 6) is -3.41. The lowest BCUT2D eigenvalue weighted by atomic mass is 9.99.